The van der Waals surface area contributed by atoms with Crippen LogP contribution in [-0.2, 0) is 30.3 Å². The second kappa shape index (κ2) is 19.3. The van der Waals surface area contributed by atoms with Crippen molar-refractivity contribution in [2.24, 2.45) is 17.7 Å². The Morgan fingerprint density at radius 1 is 1.20 bits per heavy atom. The van der Waals surface area contributed by atoms with Crippen LogP contribution < -0.4 is 21.9 Å². The van der Waals surface area contributed by atoms with Gasteiger partial charge in [0, 0.05) is 37.2 Å². The van der Waals surface area contributed by atoms with Crippen molar-refractivity contribution in [3.05, 3.63) is 16.1 Å². The molecule has 0 bridgehead atoms. The number of esters is 1. The van der Waals surface area contributed by atoms with Crippen LogP contribution in [0.4, 0.5) is 0 Å². The minimum atomic E-state index is -0.749. The monoisotopic (exact) mass is 637 g/mol. The molecule has 1 saturated heterocycles. The van der Waals surface area contributed by atoms with Crippen LogP contribution in [0.2, 0.25) is 0 Å². The zero-order chi connectivity index (χ0) is 32.6. The summed E-state index contributed by atoms with van der Waals surface area (Å²) in [5.74, 6) is 3.24. The average Bonchev–Trinajstić information content (AvgIpc) is 3.49. The first kappa shape index (κ1) is 37.1. The van der Waals surface area contributed by atoms with Crippen molar-refractivity contribution in [3.63, 3.8) is 0 Å². The molecule has 0 aliphatic carbocycles. The minimum Gasteiger partial charge on any atom is -0.444 e. The molecule has 13 nitrogen and oxygen atoms in total. The second-order valence-corrected chi connectivity index (χ2v) is 12.5. The molecule has 14 heteroatoms. The fourth-order valence-corrected chi connectivity index (χ4v) is 5.74. The first-order chi connectivity index (χ1) is 21.0. The molecule has 1 aliphatic heterocycles. The summed E-state index contributed by atoms with van der Waals surface area (Å²) in [6.45, 7) is 8.74. The minimum absolute atomic E-state index is 0.123. The molecule has 1 aromatic rings. The SMILES string of the molecule is CCCC(=O)OCN(CCCc1nc(C(=O)NCCC(C)C(=O)NN)cs1)C(=O)C(NC(=O)C1CCCCN1C)C(C)CC. The van der Waals surface area contributed by atoms with Crippen molar-refractivity contribution >= 4 is 40.9 Å². The third-order valence-electron chi connectivity index (χ3n) is 8.05. The largest absolute Gasteiger partial charge is 0.444 e. The van der Waals surface area contributed by atoms with E-state index >= 15 is 0 Å². The van der Waals surface area contributed by atoms with Gasteiger partial charge in [0.25, 0.3) is 5.91 Å². The van der Waals surface area contributed by atoms with Gasteiger partial charge in [-0.25, -0.2) is 10.8 Å². The first-order valence-electron chi connectivity index (χ1n) is 15.7. The van der Waals surface area contributed by atoms with Gasteiger partial charge in [0.1, 0.15) is 11.7 Å². The van der Waals surface area contributed by atoms with Crippen molar-refractivity contribution in [3.8, 4) is 0 Å². The van der Waals surface area contributed by atoms with Gasteiger partial charge in [-0.1, -0.05) is 40.5 Å². The summed E-state index contributed by atoms with van der Waals surface area (Å²) >= 11 is 1.35. The van der Waals surface area contributed by atoms with Crippen LogP contribution in [0.1, 0.15) is 94.6 Å². The molecule has 248 valence electrons. The number of aromatic nitrogens is 1. The summed E-state index contributed by atoms with van der Waals surface area (Å²) in [7, 11) is 1.93. The standard InChI is InChI=1S/C30H51N7O6S/c1-6-11-25(38)43-19-37(30(42)26(20(3)7-2)34-29(41)23-12-8-9-16-36(23)5)17-10-13-24-33-22(18-44-24)28(40)32-15-14-21(4)27(39)35-31/h18,20-21,23,26H,6-17,19,31H2,1-5H3,(H,32,40)(H,34,41)(H,35,39). The summed E-state index contributed by atoms with van der Waals surface area (Å²) in [6.07, 6.45) is 5.80. The van der Waals surface area contributed by atoms with Crippen LogP contribution in [0.25, 0.3) is 0 Å². The van der Waals surface area contributed by atoms with E-state index in [-0.39, 0.29) is 72.9 Å². The average molecular weight is 638 g/mol. The molecule has 4 amide bonds. The Bertz CT molecular complexity index is 1100. The number of carbonyl (C=O) groups excluding carboxylic acids is 5. The van der Waals surface area contributed by atoms with Gasteiger partial charge < -0.3 is 20.3 Å². The number of rotatable bonds is 18. The number of ether oxygens (including phenoxy) is 1. The van der Waals surface area contributed by atoms with Crippen molar-refractivity contribution in [2.45, 2.75) is 97.6 Å². The number of nitrogens with one attached hydrogen (secondary N) is 3. The summed E-state index contributed by atoms with van der Waals surface area (Å²) in [5.41, 5.74) is 2.38. The van der Waals surface area contributed by atoms with Crippen LogP contribution >= 0.6 is 11.3 Å². The predicted octanol–water partition coefficient (Wildman–Crippen LogP) is 1.97. The zero-order valence-corrected chi connectivity index (χ0v) is 27.7. The highest BCUT2D eigenvalue weighted by Gasteiger charge is 2.34. The van der Waals surface area contributed by atoms with Crippen molar-refractivity contribution in [1.82, 2.24) is 30.8 Å². The molecular formula is C30H51N7O6S. The molecule has 2 rings (SSSR count). The molecule has 0 spiro atoms. The van der Waals surface area contributed by atoms with Gasteiger partial charge in [-0.05, 0) is 51.6 Å². The molecule has 0 aromatic carbocycles. The lowest BCUT2D eigenvalue weighted by Gasteiger charge is -2.35. The molecule has 1 fully saturated rings. The number of hydrazine groups is 1. The van der Waals surface area contributed by atoms with Gasteiger partial charge in [0.05, 0.1) is 11.0 Å². The molecular weight excluding hydrogens is 586 g/mol. The number of likely N-dealkylation sites (tertiary alicyclic amines) is 1. The third kappa shape index (κ3) is 11.8. The van der Waals surface area contributed by atoms with Gasteiger partial charge in [-0.3, -0.25) is 34.3 Å². The Morgan fingerprint density at radius 2 is 1.95 bits per heavy atom. The lowest BCUT2D eigenvalue weighted by molar-refractivity contribution is -0.155. The Morgan fingerprint density at radius 3 is 2.61 bits per heavy atom. The van der Waals surface area contributed by atoms with Crippen LogP contribution in [0.15, 0.2) is 5.38 Å². The van der Waals surface area contributed by atoms with Gasteiger partial charge >= 0.3 is 5.97 Å². The lowest BCUT2D eigenvalue weighted by Crippen LogP contribution is -2.57. The molecule has 44 heavy (non-hydrogen) atoms. The number of piperidine rings is 1. The van der Waals surface area contributed by atoms with E-state index in [0.29, 0.717) is 38.6 Å². The Hall–Kier alpha value is -3.10. The summed E-state index contributed by atoms with van der Waals surface area (Å²) in [5, 5.41) is 8.19. The third-order valence-corrected chi connectivity index (χ3v) is 8.96. The molecule has 2 heterocycles. The topological polar surface area (TPSA) is 176 Å². The number of nitrogens with zero attached hydrogens (tertiary/aromatic N) is 3. The maximum Gasteiger partial charge on any atom is 0.307 e. The predicted molar refractivity (Wildman–Crippen MR) is 168 cm³/mol. The molecule has 4 atom stereocenters. The number of amides is 4. The van der Waals surface area contributed by atoms with E-state index in [4.69, 9.17) is 10.6 Å². The maximum atomic E-state index is 13.9. The zero-order valence-electron chi connectivity index (χ0n) is 26.9. The number of thiazole rings is 1. The molecule has 1 aromatic heterocycles. The van der Waals surface area contributed by atoms with Gasteiger partial charge in [0.2, 0.25) is 17.7 Å². The first-order valence-corrected chi connectivity index (χ1v) is 16.6. The summed E-state index contributed by atoms with van der Waals surface area (Å²) < 4.78 is 5.43. The van der Waals surface area contributed by atoms with Crippen LogP contribution in [0.3, 0.4) is 0 Å². The van der Waals surface area contributed by atoms with E-state index in [2.05, 4.69) is 21.0 Å². The number of nitrogens with two attached hydrogens (primary N) is 1. The second-order valence-electron chi connectivity index (χ2n) is 11.5. The molecule has 0 saturated carbocycles. The van der Waals surface area contributed by atoms with Crippen LogP contribution in [0, 0.1) is 11.8 Å². The fraction of sp³-hybridized carbons (Fsp3) is 0.733. The van der Waals surface area contributed by atoms with E-state index < -0.39 is 6.04 Å². The van der Waals surface area contributed by atoms with E-state index in [0.717, 1.165) is 30.8 Å². The van der Waals surface area contributed by atoms with Crippen LogP contribution in [-0.4, -0.2) is 89.9 Å². The number of likely N-dealkylation sites (N-methyl/N-ethyl adjacent to an activating group) is 1. The smallest absolute Gasteiger partial charge is 0.307 e. The quantitative estimate of drug-likeness (QED) is 0.0616. The van der Waals surface area contributed by atoms with E-state index in [1.807, 2.05) is 32.7 Å². The normalized spacial score (nSPS) is 17.2. The number of hydrogen-bond acceptors (Lipinski definition) is 10. The molecule has 4 unspecified atom stereocenters. The fourth-order valence-electron chi connectivity index (χ4n) is 4.92. The Balaban J connectivity index is 2.04. The Kier molecular flexibility index (Phi) is 16.3. The highest BCUT2D eigenvalue weighted by Crippen LogP contribution is 2.18. The van der Waals surface area contributed by atoms with Gasteiger partial charge in [0.15, 0.2) is 6.73 Å². The van der Waals surface area contributed by atoms with Crippen molar-refractivity contribution in [2.75, 3.05) is 33.4 Å². The highest BCUT2D eigenvalue weighted by atomic mass is 32.1. The lowest BCUT2D eigenvalue weighted by atomic mass is 9.96. The Labute approximate surface area is 265 Å². The summed E-state index contributed by atoms with van der Waals surface area (Å²) in [4.78, 5) is 71.3. The van der Waals surface area contributed by atoms with Crippen molar-refractivity contribution < 1.29 is 28.7 Å². The number of aryl methyl sites for hydroxylation is 1. The van der Waals surface area contributed by atoms with E-state index in [1.54, 1.807) is 12.3 Å². The van der Waals surface area contributed by atoms with Crippen molar-refractivity contribution in [1.29, 1.82) is 0 Å². The molecule has 1 aliphatic rings. The van der Waals surface area contributed by atoms with E-state index in [1.165, 1.54) is 16.2 Å². The summed E-state index contributed by atoms with van der Waals surface area (Å²) in [6, 6.07) is -1.02. The van der Waals surface area contributed by atoms with Gasteiger partial charge in [-0.2, -0.15) is 0 Å². The van der Waals surface area contributed by atoms with Gasteiger partial charge in [-0.15, -0.1) is 11.3 Å². The maximum absolute atomic E-state index is 13.9. The molecule has 5 N–H and O–H groups in total. The van der Waals surface area contributed by atoms with Crippen LogP contribution in [0.5, 0.6) is 0 Å². The molecule has 0 radical (unpaired) electrons. The number of carbonyl (C=O) groups is 5. The van der Waals surface area contributed by atoms with E-state index in [9.17, 15) is 24.0 Å². The number of hydrogen-bond donors (Lipinski definition) is 4. The highest BCUT2D eigenvalue weighted by molar-refractivity contribution is 7.09.